The number of Topliss-reactive ketones (excluding diaryl/α,β-unsaturated/α-hetero) is 1. The van der Waals surface area contributed by atoms with E-state index in [1.807, 2.05) is 0 Å². The summed E-state index contributed by atoms with van der Waals surface area (Å²) in [5.74, 6) is 0.584. The molecule has 3 fully saturated rings. The van der Waals surface area contributed by atoms with Crippen LogP contribution in [0.1, 0.15) is 33.1 Å². The van der Waals surface area contributed by atoms with E-state index in [9.17, 15) is 4.79 Å². The van der Waals surface area contributed by atoms with Crippen molar-refractivity contribution in [3.63, 3.8) is 0 Å². The molecule has 0 bridgehead atoms. The number of rotatable bonds is 2. The third-order valence-electron chi connectivity index (χ3n) is 5.87. The van der Waals surface area contributed by atoms with Crippen molar-refractivity contribution < 1.29 is 14.3 Å². The van der Waals surface area contributed by atoms with Gasteiger partial charge in [0.05, 0.1) is 0 Å². The highest BCUT2D eigenvalue weighted by atomic mass is 16.7. The first-order valence-electron chi connectivity index (χ1n) is 7.21. The lowest BCUT2D eigenvalue weighted by molar-refractivity contribution is -0.256. The normalized spacial score (nSPS) is 42.5. The van der Waals surface area contributed by atoms with Crippen LogP contribution in [0, 0.1) is 29.1 Å². The minimum absolute atomic E-state index is 0.0508. The van der Waals surface area contributed by atoms with Gasteiger partial charge in [0, 0.05) is 37.4 Å². The van der Waals surface area contributed by atoms with E-state index >= 15 is 0 Å². The standard InChI is InChI=1S/C16H24O3/c1-9-6-7-10-12(9)13-11(16(10,18-4)19-5)8-15(2,3)14(13)17/h10-13H,1,6-8H2,2-5H3/t10-,11-,12+,13+/m0/s1. The summed E-state index contributed by atoms with van der Waals surface area (Å²) in [6.07, 6.45) is 2.89. The zero-order valence-corrected chi connectivity index (χ0v) is 12.4. The fourth-order valence-corrected chi connectivity index (χ4v) is 5.11. The van der Waals surface area contributed by atoms with Crippen molar-refractivity contribution in [2.24, 2.45) is 29.1 Å². The van der Waals surface area contributed by atoms with Crippen LogP contribution in [0.4, 0.5) is 0 Å². The number of allylic oxidation sites excluding steroid dienone is 1. The molecule has 0 saturated heterocycles. The maximum atomic E-state index is 12.8. The van der Waals surface area contributed by atoms with Crippen molar-refractivity contribution in [3.05, 3.63) is 12.2 Å². The van der Waals surface area contributed by atoms with Gasteiger partial charge in [0.25, 0.3) is 0 Å². The lowest BCUT2D eigenvalue weighted by atomic mass is 9.80. The van der Waals surface area contributed by atoms with Crippen LogP contribution in [-0.4, -0.2) is 25.8 Å². The van der Waals surface area contributed by atoms with Gasteiger partial charge in [0.1, 0.15) is 5.78 Å². The van der Waals surface area contributed by atoms with Crippen LogP contribution in [0.15, 0.2) is 12.2 Å². The molecule has 0 aromatic heterocycles. The van der Waals surface area contributed by atoms with Crippen LogP contribution in [0.25, 0.3) is 0 Å². The van der Waals surface area contributed by atoms with Crippen LogP contribution < -0.4 is 0 Å². The Morgan fingerprint density at radius 2 is 1.79 bits per heavy atom. The van der Waals surface area contributed by atoms with E-state index in [1.54, 1.807) is 14.2 Å². The molecule has 0 radical (unpaired) electrons. The topological polar surface area (TPSA) is 35.5 Å². The Hall–Kier alpha value is -0.670. The van der Waals surface area contributed by atoms with E-state index in [-0.39, 0.29) is 23.2 Å². The number of hydrogen-bond donors (Lipinski definition) is 0. The van der Waals surface area contributed by atoms with Gasteiger partial charge in [-0.05, 0) is 25.2 Å². The summed E-state index contributed by atoms with van der Waals surface area (Å²) in [6, 6.07) is 0. The summed E-state index contributed by atoms with van der Waals surface area (Å²) in [6.45, 7) is 8.31. The Bertz CT molecular complexity index is 433. The second-order valence-electron chi connectivity index (χ2n) is 7.04. The molecule has 19 heavy (non-hydrogen) atoms. The van der Waals surface area contributed by atoms with Gasteiger partial charge < -0.3 is 9.47 Å². The van der Waals surface area contributed by atoms with Gasteiger partial charge in [0.2, 0.25) is 0 Å². The summed E-state index contributed by atoms with van der Waals surface area (Å²) < 4.78 is 11.7. The third kappa shape index (κ3) is 1.43. The van der Waals surface area contributed by atoms with Crippen molar-refractivity contribution in [1.82, 2.24) is 0 Å². The van der Waals surface area contributed by atoms with Crippen LogP contribution in [0.3, 0.4) is 0 Å². The first-order valence-corrected chi connectivity index (χ1v) is 7.21. The van der Waals surface area contributed by atoms with Gasteiger partial charge in [-0.15, -0.1) is 0 Å². The van der Waals surface area contributed by atoms with E-state index in [1.165, 1.54) is 5.57 Å². The third-order valence-corrected chi connectivity index (χ3v) is 5.87. The molecule has 0 heterocycles. The first-order chi connectivity index (χ1) is 8.89. The summed E-state index contributed by atoms with van der Waals surface area (Å²) in [5, 5.41) is 0. The second kappa shape index (κ2) is 3.92. The highest BCUT2D eigenvalue weighted by Crippen LogP contribution is 2.65. The molecule has 0 unspecified atom stereocenters. The Kier molecular flexibility index (Phi) is 2.75. The molecular formula is C16H24O3. The summed E-state index contributed by atoms with van der Waals surface area (Å²) in [4.78, 5) is 12.8. The zero-order chi connectivity index (χ0) is 14.0. The van der Waals surface area contributed by atoms with E-state index in [0.717, 1.165) is 19.3 Å². The minimum atomic E-state index is -0.585. The molecule has 0 N–H and O–H groups in total. The van der Waals surface area contributed by atoms with Gasteiger partial charge in [-0.1, -0.05) is 26.0 Å². The summed E-state index contributed by atoms with van der Waals surface area (Å²) in [5.41, 5.74) is 0.966. The molecule has 0 aliphatic heterocycles. The lowest BCUT2D eigenvalue weighted by Crippen LogP contribution is -2.44. The van der Waals surface area contributed by atoms with Gasteiger partial charge in [-0.2, -0.15) is 0 Å². The molecule has 0 spiro atoms. The van der Waals surface area contributed by atoms with Gasteiger partial charge in [-0.25, -0.2) is 0 Å². The molecule has 0 aromatic rings. The predicted octanol–water partition coefficient (Wildman–Crippen LogP) is 2.80. The number of hydrogen-bond acceptors (Lipinski definition) is 3. The lowest BCUT2D eigenvalue weighted by Gasteiger charge is -2.37. The van der Waals surface area contributed by atoms with Crippen molar-refractivity contribution in [3.8, 4) is 0 Å². The Labute approximate surface area is 115 Å². The van der Waals surface area contributed by atoms with Crippen molar-refractivity contribution >= 4 is 5.78 Å². The van der Waals surface area contributed by atoms with Gasteiger partial charge in [0.15, 0.2) is 5.79 Å². The van der Waals surface area contributed by atoms with Crippen LogP contribution in [0.2, 0.25) is 0 Å². The zero-order valence-electron chi connectivity index (χ0n) is 12.4. The molecule has 3 nitrogen and oxygen atoms in total. The van der Waals surface area contributed by atoms with Gasteiger partial charge >= 0.3 is 0 Å². The number of methoxy groups -OCH3 is 2. The van der Waals surface area contributed by atoms with Crippen LogP contribution >= 0.6 is 0 Å². The Morgan fingerprint density at radius 1 is 1.16 bits per heavy atom. The SMILES string of the molecule is C=C1CC[C@H]2[C@@H]1[C@@H]1C(=O)C(C)(C)C[C@@H]1C2(OC)OC. The molecule has 0 aromatic carbocycles. The molecule has 3 saturated carbocycles. The number of carbonyl (C=O) groups excluding carboxylic acids is 1. The molecule has 106 valence electrons. The fraction of sp³-hybridized carbons (Fsp3) is 0.812. The second-order valence-corrected chi connectivity index (χ2v) is 7.04. The number of carbonyl (C=O) groups is 1. The predicted molar refractivity (Wildman–Crippen MR) is 72.5 cm³/mol. The van der Waals surface area contributed by atoms with E-state index in [2.05, 4.69) is 20.4 Å². The monoisotopic (exact) mass is 264 g/mol. The number of ether oxygens (including phenoxy) is 2. The number of fused-ring (bicyclic) bond motifs is 3. The fourth-order valence-electron chi connectivity index (χ4n) is 5.11. The first kappa shape index (κ1) is 13.3. The molecule has 0 amide bonds. The van der Waals surface area contributed by atoms with E-state index in [4.69, 9.17) is 9.47 Å². The molecule has 4 atom stereocenters. The minimum Gasteiger partial charge on any atom is -0.353 e. The van der Waals surface area contributed by atoms with Gasteiger partial charge in [-0.3, -0.25) is 4.79 Å². The highest BCUT2D eigenvalue weighted by Gasteiger charge is 2.70. The largest absolute Gasteiger partial charge is 0.353 e. The van der Waals surface area contributed by atoms with Crippen molar-refractivity contribution in [2.75, 3.05) is 14.2 Å². The van der Waals surface area contributed by atoms with Crippen LogP contribution in [-0.2, 0) is 14.3 Å². The molecule has 3 aliphatic rings. The summed E-state index contributed by atoms with van der Waals surface area (Å²) in [7, 11) is 3.44. The smallest absolute Gasteiger partial charge is 0.174 e. The molecule has 3 heteroatoms. The van der Waals surface area contributed by atoms with Crippen molar-refractivity contribution in [2.45, 2.75) is 38.9 Å². The Balaban J connectivity index is 2.10. The summed E-state index contributed by atoms with van der Waals surface area (Å²) >= 11 is 0. The molecule has 3 rings (SSSR count). The maximum absolute atomic E-state index is 12.8. The van der Waals surface area contributed by atoms with Crippen LogP contribution in [0.5, 0.6) is 0 Å². The van der Waals surface area contributed by atoms with E-state index in [0.29, 0.717) is 11.7 Å². The molecule has 3 aliphatic carbocycles. The Morgan fingerprint density at radius 3 is 2.37 bits per heavy atom. The maximum Gasteiger partial charge on any atom is 0.174 e. The molecular weight excluding hydrogens is 240 g/mol. The quantitative estimate of drug-likeness (QED) is 0.568. The highest BCUT2D eigenvalue weighted by molar-refractivity contribution is 5.90. The number of ketones is 1. The van der Waals surface area contributed by atoms with E-state index < -0.39 is 5.79 Å². The average Bonchev–Trinajstić information content (AvgIpc) is 2.92. The van der Waals surface area contributed by atoms with Crippen molar-refractivity contribution in [1.29, 1.82) is 0 Å². The average molecular weight is 264 g/mol.